The number of rotatable bonds is 4. The predicted molar refractivity (Wildman–Crippen MR) is 105 cm³/mol. The molecule has 0 fully saturated rings. The summed E-state index contributed by atoms with van der Waals surface area (Å²) in [4.78, 5) is 27.8. The number of nitrogens with one attached hydrogen (secondary N) is 1. The van der Waals surface area contributed by atoms with Gasteiger partial charge in [-0.1, -0.05) is 23.4 Å². The fourth-order valence-electron chi connectivity index (χ4n) is 2.33. The molecule has 3 aromatic heterocycles. The van der Waals surface area contributed by atoms with Crippen molar-refractivity contribution in [1.82, 2.24) is 15.0 Å². The second kappa shape index (κ2) is 7.27. The summed E-state index contributed by atoms with van der Waals surface area (Å²) in [6.07, 6.45) is 1.58. The maximum atomic E-state index is 12.5. The van der Waals surface area contributed by atoms with Crippen LogP contribution in [0, 0.1) is 20.8 Å². The summed E-state index contributed by atoms with van der Waals surface area (Å²) in [7, 11) is 0. The molecule has 0 aliphatic heterocycles. The van der Waals surface area contributed by atoms with Crippen molar-refractivity contribution >= 4 is 56.5 Å². The molecule has 0 aromatic carbocycles. The minimum Gasteiger partial charge on any atom is -0.322 e. The fraction of sp³-hybridized carbons (Fsp3) is 0.294. The lowest BCUT2D eigenvalue weighted by molar-refractivity contribution is -0.115. The molecule has 5 nitrogen and oxygen atoms in total. The van der Waals surface area contributed by atoms with Crippen molar-refractivity contribution in [3.05, 3.63) is 39.7 Å². The molecule has 0 saturated carbocycles. The van der Waals surface area contributed by atoms with Crippen LogP contribution in [0.1, 0.15) is 23.2 Å². The normalized spacial score (nSPS) is 12.4. The summed E-state index contributed by atoms with van der Waals surface area (Å²) >= 11 is 9.09. The number of nitrogens with zero attached hydrogens (tertiary/aromatic N) is 3. The van der Waals surface area contributed by atoms with Gasteiger partial charge in [0.2, 0.25) is 5.91 Å². The highest BCUT2D eigenvalue weighted by Crippen LogP contribution is 2.36. The number of thioether (sulfide) groups is 1. The molecule has 3 aromatic rings. The number of halogens is 1. The minimum atomic E-state index is -0.339. The van der Waals surface area contributed by atoms with Crippen molar-refractivity contribution in [3.63, 3.8) is 0 Å². The number of pyridine rings is 1. The molecule has 0 saturated heterocycles. The topological polar surface area (TPSA) is 67.8 Å². The molecule has 0 unspecified atom stereocenters. The van der Waals surface area contributed by atoms with Gasteiger partial charge in [0.05, 0.1) is 10.9 Å². The number of anilines is 1. The molecule has 130 valence electrons. The third kappa shape index (κ3) is 3.78. The summed E-state index contributed by atoms with van der Waals surface area (Å²) in [6, 6.07) is 3.46. The molecule has 0 aliphatic carbocycles. The van der Waals surface area contributed by atoms with Gasteiger partial charge in [0.1, 0.15) is 15.7 Å². The van der Waals surface area contributed by atoms with Gasteiger partial charge in [-0.3, -0.25) is 4.79 Å². The van der Waals surface area contributed by atoms with Crippen LogP contribution >= 0.6 is 34.7 Å². The van der Waals surface area contributed by atoms with Crippen molar-refractivity contribution < 1.29 is 4.79 Å². The first-order valence-electron chi connectivity index (χ1n) is 7.69. The van der Waals surface area contributed by atoms with Crippen LogP contribution in [0.25, 0.3) is 10.2 Å². The van der Waals surface area contributed by atoms with E-state index in [4.69, 9.17) is 11.6 Å². The molecule has 1 amide bonds. The van der Waals surface area contributed by atoms with Crippen molar-refractivity contribution in [2.45, 2.75) is 38.0 Å². The van der Waals surface area contributed by atoms with Crippen LogP contribution in [0.5, 0.6) is 0 Å². The molecule has 0 radical (unpaired) electrons. The average molecular weight is 393 g/mol. The molecule has 3 heterocycles. The van der Waals surface area contributed by atoms with Crippen LogP contribution in [-0.4, -0.2) is 26.1 Å². The van der Waals surface area contributed by atoms with Gasteiger partial charge in [-0.2, -0.15) is 0 Å². The van der Waals surface area contributed by atoms with Crippen LogP contribution in [0.2, 0.25) is 5.15 Å². The van der Waals surface area contributed by atoms with E-state index in [0.717, 1.165) is 15.2 Å². The number of fused-ring (bicyclic) bond motifs is 1. The summed E-state index contributed by atoms with van der Waals surface area (Å²) < 4.78 is 0. The molecule has 25 heavy (non-hydrogen) atoms. The van der Waals surface area contributed by atoms with E-state index in [1.165, 1.54) is 22.2 Å². The van der Waals surface area contributed by atoms with E-state index in [9.17, 15) is 4.79 Å². The maximum absolute atomic E-state index is 12.5. The van der Waals surface area contributed by atoms with Gasteiger partial charge in [0.25, 0.3) is 0 Å². The third-order valence-corrected chi connectivity index (χ3v) is 6.27. The first-order valence-corrected chi connectivity index (χ1v) is 9.76. The highest BCUT2D eigenvalue weighted by atomic mass is 35.5. The number of aryl methyl sites for hydroxylation is 3. The van der Waals surface area contributed by atoms with Gasteiger partial charge in [-0.05, 0) is 45.4 Å². The number of hydrogen-bond acceptors (Lipinski definition) is 6. The summed E-state index contributed by atoms with van der Waals surface area (Å²) in [5, 5.41) is 4.63. The van der Waals surface area contributed by atoms with Gasteiger partial charge < -0.3 is 5.32 Å². The predicted octanol–water partition coefficient (Wildman–Crippen LogP) is 4.78. The Bertz CT molecular complexity index is 957. The zero-order valence-corrected chi connectivity index (χ0v) is 16.6. The molecular formula is C17H17ClN4OS2. The Kier molecular flexibility index (Phi) is 5.27. The molecule has 0 bridgehead atoms. The van der Waals surface area contributed by atoms with Gasteiger partial charge >= 0.3 is 0 Å². The van der Waals surface area contributed by atoms with E-state index in [-0.39, 0.29) is 16.3 Å². The number of amides is 1. The number of hydrogen-bond donors (Lipinski definition) is 1. The van der Waals surface area contributed by atoms with Crippen LogP contribution in [0.15, 0.2) is 23.4 Å². The summed E-state index contributed by atoms with van der Waals surface area (Å²) in [5.41, 5.74) is 1.68. The Labute approximate surface area is 159 Å². The molecule has 1 N–H and O–H groups in total. The van der Waals surface area contributed by atoms with E-state index >= 15 is 0 Å². The monoisotopic (exact) mass is 392 g/mol. The second-order valence-corrected chi connectivity index (χ2v) is 8.52. The molecule has 0 aliphatic rings. The highest BCUT2D eigenvalue weighted by molar-refractivity contribution is 8.00. The lowest BCUT2D eigenvalue weighted by atomic mass is 10.2. The number of carbonyl (C=O) groups is 1. The molecule has 1 atom stereocenters. The number of thiophene rings is 1. The van der Waals surface area contributed by atoms with E-state index in [0.29, 0.717) is 11.5 Å². The van der Waals surface area contributed by atoms with Crippen molar-refractivity contribution in [2.75, 3.05) is 5.32 Å². The SMILES string of the molecule is Cc1nc(S[C@H](C)C(=O)Nc2cccnc2Cl)c2c(C)c(C)sc2n1. The minimum absolute atomic E-state index is 0.145. The molecular weight excluding hydrogens is 376 g/mol. The zero-order chi connectivity index (χ0) is 18.1. The second-order valence-electron chi connectivity index (χ2n) is 5.63. The van der Waals surface area contributed by atoms with Gasteiger partial charge in [0.15, 0.2) is 5.15 Å². The lowest BCUT2D eigenvalue weighted by Gasteiger charge is -2.13. The van der Waals surface area contributed by atoms with E-state index in [1.807, 2.05) is 13.8 Å². The van der Waals surface area contributed by atoms with Gasteiger partial charge in [-0.15, -0.1) is 11.3 Å². The first kappa shape index (κ1) is 18.1. The van der Waals surface area contributed by atoms with Crippen molar-refractivity contribution in [3.8, 4) is 0 Å². The maximum Gasteiger partial charge on any atom is 0.237 e. The Morgan fingerprint density at radius 1 is 1.32 bits per heavy atom. The summed E-state index contributed by atoms with van der Waals surface area (Å²) in [5.74, 6) is 0.563. The fourth-order valence-corrected chi connectivity index (χ4v) is 4.69. The van der Waals surface area contributed by atoms with E-state index in [1.54, 1.807) is 29.7 Å². The van der Waals surface area contributed by atoms with Gasteiger partial charge in [0, 0.05) is 16.5 Å². The largest absolute Gasteiger partial charge is 0.322 e. The van der Waals surface area contributed by atoms with E-state index < -0.39 is 0 Å². The van der Waals surface area contributed by atoms with Crippen LogP contribution in [-0.2, 0) is 4.79 Å². The van der Waals surface area contributed by atoms with Crippen LogP contribution < -0.4 is 5.32 Å². The molecule has 8 heteroatoms. The Hall–Kier alpha value is -1.70. The number of carbonyl (C=O) groups excluding carboxylic acids is 1. The molecule has 3 rings (SSSR count). The average Bonchev–Trinajstić information content (AvgIpc) is 2.83. The smallest absolute Gasteiger partial charge is 0.237 e. The zero-order valence-electron chi connectivity index (χ0n) is 14.3. The third-order valence-electron chi connectivity index (χ3n) is 3.78. The van der Waals surface area contributed by atoms with E-state index in [2.05, 4.69) is 34.1 Å². The standard InChI is InChI=1S/C17H17ClN4OS2/c1-8-9(2)24-16-13(8)17(21-11(4)20-16)25-10(3)15(23)22-12-6-5-7-19-14(12)18/h5-7,10H,1-4H3,(H,22,23)/t10-/m1/s1. The lowest BCUT2D eigenvalue weighted by Crippen LogP contribution is -2.22. The Morgan fingerprint density at radius 3 is 2.80 bits per heavy atom. The van der Waals surface area contributed by atoms with Crippen molar-refractivity contribution in [1.29, 1.82) is 0 Å². The molecule has 0 spiro atoms. The Balaban J connectivity index is 1.85. The quantitative estimate of drug-likeness (QED) is 0.393. The Morgan fingerprint density at radius 2 is 2.08 bits per heavy atom. The summed E-state index contributed by atoms with van der Waals surface area (Å²) in [6.45, 7) is 7.86. The highest BCUT2D eigenvalue weighted by Gasteiger charge is 2.21. The number of aromatic nitrogens is 3. The van der Waals surface area contributed by atoms with Crippen LogP contribution in [0.3, 0.4) is 0 Å². The first-order chi connectivity index (χ1) is 11.9. The van der Waals surface area contributed by atoms with Gasteiger partial charge in [-0.25, -0.2) is 15.0 Å². The van der Waals surface area contributed by atoms with Crippen molar-refractivity contribution in [2.24, 2.45) is 0 Å². The van der Waals surface area contributed by atoms with Crippen LogP contribution in [0.4, 0.5) is 5.69 Å².